The van der Waals surface area contributed by atoms with E-state index in [0.717, 1.165) is 62.3 Å². The van der Waals surface area contributed by atoms with E-state index in [1.165, 1.54) is 12.8 Å². The van der Waals surface area contributed by atoms with Gasteiger partial charge in [-0.2, -0.15) is 0 Å². The molecule has 0 radical (unpaired) electrons. The molecular weight excluding hydrogens is 248 g/mol. The third kappa shape index (κ3) is 4.36. The average molecular weight is 276 g/mol. The quantitative estimate of drug-likeness (QED) is 0.749. The smallest absolute Gasteiger partial charge is 0.134 e. The van der Waals surface area contributed by atoms with Crippen LogP contribution in [0.3, 0.4) is 0 Å². The van der Waals surface area contributed by atoms with Crippen LogP contribution >= 0.6 is 0 Å². The molecule has 0 aromatic carbocycles. The van der Waals surface area contributed by atoms with Gasteiger partial charge in [-0.1, -0.05) is 13.8 Å². The summed E-state index contributed by atoms with van der Waals surface area (Å²) in [5.74, 6) is 3.93. The van der Waals surface area contributed by atoms with Crippen molar-refractivity contribution in [3.05, 3.63) is 11.9 Å². The molecule has 0 spiro atoms. The third-order valence-corrected chi connectivity index (χ3v) is 3.58. The molecule has 2 rings (SSSR count). The van der Waals surface area contributed by atoms with Crippen LogP contribution in [0.15, 0.2) is 6.07 Å². The molecule has 112 valence electrons. The van der Waals surface area contributed by atoms with Crippen LogP contribution in [-0.2, 0) is 6.42 Å². The molecule has 1 heterocycles. The van der Waals surface area contributed by atoms with Gasteiger partial charge in [-0.05, 0) is 38.5 Å². The fourth-order valence-electron chi connectivity index (χ4n) is 2.43. The summed E-state index contributed by atoms with van der Waals surface area (Å²) in [5.41, 5.74) is 0. The van der Waals surface area contributed by atoms with Crippen molar-refractivity contribution in [3.63, 3.8) is 0 Å². The maximum Gasteiger partial charge on any atom is 0.134 e. The van der Waals surface area contributed by atoms with Crippen molar-refractivity contribution in [2.45, 2.75) is 52.9 Å². The van der Waals surface area contributed by atoms with Gasteiger partial charge in [0.05, 0.1) is 0 Å². The van der Waals surface area contributed by atoms with E-state index in [4.69, 9.17) is 4.98 Å². The first-order valence-corrected chi connectivity index (χ1v) is 8.13. The predicted octanol–water partition coefficient (Wildman–Crippen LogP) is 3.49. The summed E-state index contributed by atoms with van der Waals surface area (Å²) in [5, 5.41) is 3.33. The van der Waals surface area contributed by atoms with Crippen molar-refractivity contribution >= 4 is 11.6 Å². The van der Waals surface area contributed by atoms with Crippen LogP contribution in [0.5, 0.6) is 0 Å². The number of nitrogens with zero attached hydrogens (tertiary/aromatic N) is 3. The summed E-state index contributed by atoms with van der Waals surface area (Å²) >= 11 is 0. The van der Waals surface area contributed by atoms with Crippen LogP contribution in [-0.4, -0.2) is 29.6 Å². The number of rotatable bonds is 9. The molecule has 1 aromatic rings. The lowest BCUT2D eigenvalue weighted by molar-refractivity contribution is 0.692. The standard InChI is InChI=1S/C16H28N4/c1-4-7-14-18-15(17-6-3)11-16(19-14)20(10-5-2)12-13-8-9-13/h11,13H,4-10,12H2,1-3H3,(H,17,18,19). The van der Waals surface area contributed by atoms with Gasteiger partial charge in [0.1, 0.15) is 17.5 Å². The SMILES string of the molecule is CCCc1nc(NCC)cc(N(CCC)CC2CC2)n1. The number of anilines is 2. The number of hydrogen-bond acceptors (Lipinski definition) is 4. The largest absolute Gasteiger partial charge is 0.370 e. The van der Waals surface area contributed by atoms with Crippen molar-refractivity contribution in [2.24, 2.45) is 5.92 Å². The molecule has 1 N–H and O–H groups in total. The summed E-state index contributed by atoms with van der Waals surface area (Å²) in [7, 11) is 0. The summed E-state index contributed by atoms with van der Waals surface area (Å²) in [6, 6.07) is 2.11. The summed E-state index contributed by atoms with van der Waals surface area (Å²) in [4.78, 5) is 11.8. The molecule has 20 heavy (non-hydrogen) atoms. The van der Waals surface area contributed by atoms with Gasteiger partial charge in [-0.25, -0.2) is 9.97 Å². The van der Waals surface area contributed by atoms with E-state index in [0.29, 0.717) is 0 Å². The second-order valence-corrected chi connectivity index (χ2v) is 5.70. The highest BCUT2D eigenvalue weighted by Crippen LogP contribution is 2.31. The van der Waals surface area contributed by atoms with Crippen LogP contribution in [0.1, 0.15) is 52.3 Å². The van der Waals surface area contributed by atoms with Gasteiger partial charge < -0.3 is 10.2 Å². The molecular formula is C16H28N4. The van der Waals surface area contributed by atoms with Crippen molar-refractivity contribution < 1.29 is 0 Å². The van der Waals surface area contributed by atoms with Crippen LogP contribution < -0.4 is 10.2 Å². The molecule has 0 saturated heterocycles. The van der Waals surface area contributed by atoms with Crippen LogP contribution in [0.4, 0.5) is 11.6 Å². The lowest BCUT2D eigenvalue weighted by Crippen LogP contribution is -2.28. The molecule has 0 aliphatic heterocycles. The van der Waals surface area contributed by atoms with E-state index in [2.05, 4.69) is 42.0 Å². The van der Waals surface area contributed by atoms with E-state index < -0.39 is 0 Å². The Hall–Kier alpha value is -1.32. The van der Waals surface area contributed by atoms with Crippen LogP contribution in [0, 0.1) is 5.92 Å². The molecule has 4 nitrogen and oxygen atoms in total. The average Bonchev–Trinajstić information content (AvgIpc) is 3.23. The van der Waals surface area contributed by atoms with E-state index in [9.17, 15) is 0 Å². The predicted molar refractivity (Wildman–Crippen MR) is 85.4 cm³/mol. The Morgan fingerprint density at radius 2 is 2.00 bits per heavy atom. The van der Waals surface area contributed by atoms with Crippen molar-refractivity contribution in [1.82, 2.24) is 9.97 Å². The highest BCUT2D eigenvalue weighted by molar-refractivity contribution is 5.49. The fraction of sp³-hybridized carbons (Fsp3) is 0.750. The Labute approximate surface area is 123 Å². The molecule has 0 bridgehead atoms. The lowest BCUT2D eigenvalue weighted by Gasteiger charge is -2.24. The highest BCUT2D eigenvalue weighted by Gasteiger charge is 2.25. The summed E-state index contributed by atoms with van der Waals surface area (Å²) in [6.45, 7) is 9.66. The van der Waals surface area contributed by atoms with Gasteiger partial charge in [-0.3, -0.25) is 0 Å². The zero-order valence-corrected chi connectivity index (χ0v) is 13.2. The van der Waals surface area contributed by atoms with E-state index in [-0.39, 0.29) is 0 Å². The van der Waals surface area contributed by atoms with E-state index in [1.54, 1.807) is 0 Å². The van der Waals surface area contributed by atoms with Gasteiger partial charge in [-0.15, -0.1) is 0 Å². The fourth-order valence-corrected chi connectivity index (χ4v) is 2.43. The minimum atomic E-state index is 0.883. The Bertz CT molecular complexity index is 391. The van der Waals surface area contributed by atoms with Gasteiger partial charge in [0.2, 0.25) is 0 Å². The topological polar surface area (TPSA) is 41.1 Å². The maximum absolute atomic E-state index is 4.78. The normalized spacial score (nSPS) is 14.3. The second-order valence-electron chi connectivity index (χ2n) is 5.70. The van der Waals surface area contributed by atoms with Crippen molar-refractivity contribution in [3.8, 4) is 0 Å². The maximum atomic E-state index is 4.78. The summed E-state index contributed by atoms with van der Waals surface area (Å²) < 4.78 is 0. The number of aromatic nitrogens is 2. The Morgan fingerprint density at radius 3 is 2.60 bits per heavy atom. The Balaban J connectivity index is 2.20. The molecule has 1 aromatic heterocycles. The monoisotopic (exact) mass is 276 g/mol. The lowest BCUT2D eigenvalue weighted by atomic mass is 10.3. The van der Waals surface area contributed by atoms with Crippen LogP contribution in [0.2, 0.25) is 0 Å². The van der Waals surface area contributed by atoms with E-state index in [1.807, 2.05) is 0 Å². The van der Waals surface area contributed by atoms with Gasteiger partial charge in [0, 0.05) is 32.1 Å². The molecule has 1 aliphatic rings. The first kappa shape index (κ1) is 15.1. The molecule has 0 amide bonds. The molecule has 1 aliphatic carbocycles. The van der Waals surface area contributed by atoms with Crippen LogP contribution in [0.25, 0.3) is 0 Å². The highest BCUT2D eigenvalue weighted by atomic mass is 15.2. The first-order valence-electron chi connectivity index (χ1n) is 8.13. The van der Waals surface area contributed by atoms with Gasteiger partial charge in [0.15, 0.2) is 0 Å². The minimum Gasteiger partial charge on any atom is -0.370 e. The second kappa shape index (κ2) is 7.46. The number of hydrogen-bond donors (Lipinski definition) is 1. The van der Waals surface area contributed by atoms with E-state index >= 15 is 0 Å². The van der Waals surface area contributed by atoms with Gasteiger partial charge >= 0.3 is 0 Å². The molecule has 4 heteroatoms. The minimum absolute atomic E-state index is 0.883. The summed E-state index contributed by atoms with van der Waals surface area (Å²) in [6.07, 6.45) is 5.97. The molecule has 0 unspecified atom stereocenters. The third-order valence-electron chi connectivity index (χ3n) is 3.58. The molecule has 0 atom stereocenters. The van der Waals surface area contributed by atoms with Crippen molar-refractivity contribution in [1.29, 1.82) is 0 Å². The molecule has 1 saturated carbocycles. The first-order chi connectivity index (χ1) is 9.76. The molecule has 1 fully saturated rings. The number of nitrogens with one attached hydrogen (secondary N) is 1. The van der Waals surface area contributed by atoms with Gasteiger partial charge in [0.25, 0.3) is 0 Å². The Morgan fingerprint density at radius 1 is 1.20 bits per heavy atom. The zero-order chi connectivity index (χ0) is 14.4. The van der Waals surface area contributed by atoms with Crippen molar-refractivity contribution in [2.75, 3.05) is 29.9 Å². The zero-order valence-electron chi connectivity index (χ0n) is 13.2. The number of aryl methyl sites for hydroxylation is 1. The Kier molecular flexibility index (Phi) is 5.62.